The quantitative estimate of drug-likeness (QED) is 0.848. The number of hydrogen-bond donors (Lipinski definition) is 0. The van der Waals surface area contributed by atoms with Crippen molar-refractivity contribution in [3.63, 3.8) is 0 Å². The lowest BCUT2D eigenvalue weighted by atomic mass is 9.99. The predicted octanol–water partition coefficient (Wildman–Crippen LogP) is 3.23. The van der Waals surface area contributed by atoms with Crippen LogP contribution in [0.15, 0.2) is 22.7 Å². The molecule has 0 bridgehead atoms. The number of carbonyl (C=O) groups excluding carboxylic acids is 1. The first kappa shape index (κ1) is 11.2. The van der Waals surface area contributed by atoms with Crippen molar-refractivity contribution < 1.29 is 4.79 Å². The molecule has 0 amide bonds. The second-order valence-electron chi connectivity index (χ2n) is 3.96. The Kier molecular flexibility index (Phi) is 3.52. The monoisotopic (exact) mass is 284 g/mol. The fourth-order valence-electron chi connectivity index (χ4n) is 1.51. The maximum absolute atomic E-state index is 11.8. The van der Waals surface area contributed by atoms with Gasteiger partial charge in [-0.25, -0.2) is 0 Å². The van der Waals surface area contributed by atoms with Crippen LogP contribution >= 0.6 is 27.7 Å². The largest absolute Gasteiger partial charge is 0.299 e. The zero-order valence-electron chi connectivity index (χ0n) is 8.63. The van der Waals surface area contributed by atoms with Gasteiger partial charge in [-0.2, -0.15) is 11.8 Å². The smallest absolute Gasteiger partial charge is 0.141 e. The van der Waals surface area contributed by atoms with E-state index in [1.165, 1.54) is 5.56 Å². The normalized spacial score (nSPS) is 16.1. The second-order valence-corrected chi connectivity index (χ2v) is 5.89. The summed E-state index contributed by atoms with van der Waals surface area (Å²) in [5.41, 5.74) is 2.33. The molecule has 0 aliphatic carbocycles. The molecule has 0 N–H and O–H groups in total. The first-order valence-electron chi connectivity index (χ1n) is 5.02. The van der Waals surface area contributed by atoms with Gasteiger partial charge in [0.15, 0.2) is 0 Å². The Balaban J connectivity index is 2.03. The van der Waals surface area contributed by atoms with E-state index in [9.17, 15) is 4.79 Å². The van der Waals surface area contributed by atoms with Gasteiger partial charge < -0.3 is 0 Å². The maximum Gasteiger partial charge on any atom is 0.141 e. The van der Waals surface area contributed by atoms with Gasteiger partial charge >= 0.3 is 0 Å². The summed E-state index contributed by atoms with van der Waals surface area (Å²) in [5.74, 6) is 2.75. The van der Waals surface area contributed by atoms with Gasteiger partial charge in [0.25, 0.3) is 0 Å². The lowest BCUT2D eigenvalue weighted by molar-refractivity contribution is -0.121. The average molecular weight is 285 g/mol. The Labute approximate surface area is 103 Å². The number of hydrogen-bond acceptors (Lipinski definition) is 2. The molecule has 1 saturated heterocycles. The van der Waals surface area contributed by atoms with Crippen molar-refractivity contribution in [2.24, 2.45) is 5.92 Å². The number of benzene rings is 1. The van der Waals surface area contributed by atoms with Crippen LogP contribution in [-0.2, 0) is 11.2 Å². The van der Waals surface area contributed by atoms with Crippen LogP contribution < -0.4 is 0 Å². The molecule has 2 rings (SSSR count). The Morgan fingerprint density at radius 1 is 1.53 bits per heavy atom. The summed E-state index contributed by atoms with van der Waals surface area (Å²) in [4.78, 5) is 11.8. The third kappa shape index (κ3) is 2.64. The molecule has 3 heteroatoms. The highest BCUT2D eigenvalue weighted by molar-refractivity contribution is 9.10. The molecule has 0 atom stereocenters. The molecule has 0 unspecified atom stereocenters. The van der Waals surface area contributed by atoms with Crippen molar-refractivity contribution in [3.8, 4) is 0 Å². The average Bonchev–Trinajstić information content (AvgIpc) is 2.08. The molecular weight excluding hydrogens is 272 g/mol. The topological polar surface area (TPSA) is 17.1 Å². The molecule has 15 heavy (non-hydrogen) atoms. The van der Waals surface area contributed by atoms with E-state index in [2.05, 4.69) is 35.0 Å². The number of ketones is 1. The highest BCUT2D eigenvalue weighted by atomic mass is 79.9. The lowest BCUT2D eigenvalue weighted by Crippen LogP contribution is -2.28. The summed E-state index contributed by atoms with van der Waals surface area (Å²) in [7, 11) is 0. The van der Waals surface area contributed by atoms with Crippen LogP contribution in [-0.4, -0.2) is 17.3 Å². The number of carbonyl (C=O) groups is 1. The Morgan fingerprint density at radius 3 is 2.80 bits per heavy atom. The molecule has 1 aromatic rings. The minimum atomic E-state index is 0.315. The van der Waals surface area contributed by atoms with Gasteiger partial charge in [0, 0.05) is 28.3 Å². The summed E-state index contributed by atoms with van der Waals surface area (Å²) in [6.45, 7) is 2.05. The van der Waals surface area contributed by atoms with Crippen molar-refractivity contribution in [2.75, 3.05) is 11.5 Å². The van der Waals surface area contributed by atoms with Crippen molar-refractivity contribution >= 4 is 33.5 Å². The number of Topliss-reactive ketones (excluding diaryl/α,β-unsaturated/α-hetero) is 1. The zero-order valence-corrected chi connectivity index (χ0v) is 11.0. The second kappa shape index (κ2) is 4.71. The molecule has 80 valence electrons. The maximum atomic E-state index is 11.8. The van der Waals surface area contributed by atoms with E-state index in [0.717, 1.165) is 21.5 Å². The Bertz CT molecular complexity index is 385. The van der Waals surface area contributed by atoms with Gasteiger partial charge in [0.2, 0.25) is 0 Å². The van der Waals surface area contributed by atoms with Crippen LogP contribution in [0.4, 0.5) is 0 Å². The first-order valence-corrected chi connectivity index (χ1v) is 6.97. The lowest BCUT2D eigenvalue weighted by Gasteiger charge is -2.23. The standard InChI is InChI=1S/C12H13BrOS/c1-8-2-3-9(4-11(8)13)5-12(14)10-6-15-7-10/h2-4,10H,5-7H2,1H3. The number of rotatable bonds is 3. The molecule has 1 fully saturated rings. The summed E-state index contributed by atoms with van der Waals surface area (Å²) in [6.07, 6.45) is 0.587. The summed E-state index contributed by atoms with van der Waals surface area (Å²) < 4.78 is 1.09. The van der Waals surface area contributed by atoms with Gasteiger partial charge in [-0.3, -0.25) is 4.79 Å². The van der Waals surface area contributed by atoms with Crippen molar-refractivity contribution in [2.45, 2.75) is 13.3 Å². The number of thioether (sulfide) groups is 1. The van der Waals surface area contributed by atoms with Gasteiger partial charge in [0.05, 0.1) is 0 Å². The van der Waals surface area contributed by atoms with Gasteiger partial charge in [0.1, 0.15) is 5.78 Å². The SMILES string of the molecule is Cc1ccc(CC(=O)C2CSC2)cc1Br. The van der Waals surface area contributed by atoms with Crippen molar-refractivity contribution in [1.82, 2.24) is 0 Å². The third-order valence-corrected chi connectivity index (χ3v) is 4.84. The van der Waals surface area contributed by atoms with Gasteiger partial charge in [-0.15, -0.1) is 0 Å². The molecule has 0 radical (unpaired) electrons. The van der Waals surface area contributed by atoms with E-state index in [4.69, 9.17) is 0 Å². The van der Waals surface area contributed by atoms with E-state index >= 15 is 0 Å². The summed E-state index contributed by atoms with van der Waals surface area (Å²) in [5, 5.41) is 0. The molecule has 1 heterocycles. The Hall–Kier alpha value is -0.280. The third-order valence-electron chi connectivity index (χ3n) is 2.71. The number of halogens is 1. The van der Waals surface area contributed by atoms with Gasteiger partial charge in [-0.1, -0.05) is 28.1 Å². The minimum Gasteiger partial charge on any atom is -0.299 e. The van der Waals surface area contributed by atoms with E-state index in [-0.39, 0.29) is 0 Å². The van der Waals surface area contributed by atoms with Crippen LogP contribution in [0, 0.1) is 12.8 Å². The van der Waals surface area contributed by atoms with E-state index in [1.807, 2.05) is 17.8 Å². The van der Waals surface area contributed by atoms with Crippen molar-refractivity contribution in [3.05, 3.63) is 33.8 Å². The van der Waals surface area contributed by atoms with Crippen molar-refractivity contribution in [1.29, 1.82) is 0 Å². The zero-order chi connectivity index (χ0) is 10.8. The van der Waals surface area contributed by atoms with Crippen LogP contribution in [0.2, 0.25) is 0 Å². The molecule has 0 saturated carbocycles. The van der Waals surface area contributed by atoms with Crippen LogP contribution in [0.5, 0.6) is 0 Å². The van der Waals surface area contributed by atoms with Crippen LogP contribution in [0.25, 0.3) is 0 Å². The molecular formula is C12H13BrOS. The van der Waals surface area contributed by atoms with E-state index in [0.29, 0.717) is 18.1 Å². The first-order chi connectivity index (χ1) is 7.16. The molecule has 0 aromatic heterocycles. The molecule has 1 aliphatic heterocycles. The Morgan fingerprint density at radius 2 is 2.27 bits per heavy atom. The fraction of sp³-hybridized carbons (Fsp3) is 0.417. The van der Waals surface area contributed by atoms with Gasteiger partial charge in [-0.05, 0) is 24.1 Å². The van der Waals surface area contributed by atoms with E-state index in [1.54, 1.807) is 0 Å². The molecule has 1 aliphatic rings. The fourth-order valence-corrected chi connectivity index (χ4v) is 2.78. The minimum absolute atomic E-state index is 0.315. The summed E-state index contributed by atoms with van der Waals surface area (Å²) in [6, 6.07) is 6.16. The highest BCUT2D eigenvalue weighted by Crippen LogP contribution is 2.27. The van der Waals surface area contributed by atoms with Crippen LogP contribution in [0.1, 0.15) is 11.1 Å². The number of aryl methyl sites for hydroxylation is 1. The molecule has 1 nitrogen and oxygen atoms in total. The van der Waals surface area contributed by atoms with E-state index < -0.39 is 0 Å². The highest BCUT2D eigenvalue weighted by Gasteiger charge is 2.25. The predicted molar refractivity (Wildman–Crippen MR) is 68.4 cm³/mol. The molecule has 1 aromatic carbocycles. The summed E-state index contributed by atoms with van der Waals surface area (Å²) >= 11 is 5.35. The van der Waals surface area contributed by atoms with Crippen LogP contribution in [0.3, 0.4) is 0 Å². The molecule has 0 spiro atoms.